The number of anilines is 1. The third kappa shape index (κ3) is 2.52. The van der Waals surface area contributed by atoms with Crippen LogP contribution in [0.2, 0.25) is 0 Å². The lowest BCUT2D eigenvalue weighted by Crippen LogP contribution is -2.44. The van der Waals surface area contributed by atoms with Gasteiger partial charge in [0.2, 0.25) is 0 Å². The molecule has 1 aromatic carbocycles. The molecule has 18 heavy (non-hydrogen) atoms. The van der Waals surface area contributed by atoms with E-state index in [9.17, 15) is 0 Å². The van der Waals surface area contributed by atoms with E-state index in [1.165, 1.54) is 55.8 Å². The average Bonchev–Trinajstić information content (AvgIpc) is 2.42. The third-order valence-corrected chi connectivity index (χ3v) is 4.15. The van der Waals surface area contributed by atoms with Gasteiger partial charge in [-0.25, -0.2) is 0 Å². The van der Waals surface area contributed by atoms with E-state index >= 15 is 0 Å². The maximum atomic E-state index is 3.59. The van der Waals surface area contributed by atoms with Crippen LogP contribution in [0.15, 0.2) is 18.2 Å². The van der Waals surface area contributed by atoms with Gasteiger partial charge in [-0.05, 0) is 31.0 Å². The van der Waals surface area contributed by atoms with Gasteiger partial charge in [0, 0.05) is 45.0 Å². The van der Waals surface area contributed by atoms with Gasteiger partial charge in [-0.3, -0.25) is 4.90 Å². The Morgan fingerprint density at radius 3 is 2.83 bits per heavy atom. The molecule has 0 spiro atoms. The molecule has 0 unspecified atom stereocenters. The number of benzene rings is 1. The Bertz CT molecular complexity index is 408. The van der Waals surface area contributed by atoms with Crippen LogP contribution < -0.4 is 5.32 Å². The van der Waals surface area contributed by atoms with E-state index in [-0.39, 0.29) is 0 Å². The highest BCUT2D eigenvalue weighted by Crippen LogP contribution is 2.27. The number of hydrogen-bond acceptors (Lipinski definition) is 3. The molecule has 1 saturated heterocycles. The SMILES string of the molecule is CN1CCN(Cc2cccc3c2NCCC3)CC1. The first-order valence-electron chi connectivity index (χ1n) is 7.08. The molecule has 1 N–H and O–H groups in total. The molecule has 98 valence electrons. The lowest BCUT2D eigenvalue weighted by Gasteiger charge is -2.33. The fraction of sp³-hybridized carbons (Fsp3) is 0.600. The fourth-order valence-electron chi connectivity index (χ4n) is 2.96. The average molecular weight is 245 g/mol. The van der Waals surface area contributed by atoms with Gasteiger partial charge in [0.15, 0.2) is 0 Å². The van der Waals surface area contributed by atoms with Gasteiger partial charge in [-0.15, -0.1) is 0 Å². The van der Waals surface area contributed by atoms with Crippen LogP contribution in [0.3, 0.4) is 0 Å². The molecule has 2 aliphatic rings. The highest BCUT2D eigenvalue weighted by atomic mass is 15.2. The van der Waals surface area contributed by atoms with Crippen molar-refractivity contribution in [2.75, 3.05) is 45.1 Å². The van der Waals surface area contributed by atoms with Crippen LogP contribution in [0.4, 0.5) is 5.69 Å². The van der Waals surface area contributed by atoms with Crippen LogP contribution in [-0.4, -0.2) is 49.6 Å². The van der Waals surface area contributed by atoms with E-state index in [4.69, 9.17) is 0 Å². The lowest BCUT2D eigenvalue weighted by molar-refractivity contribution is 0.148. The number of nitrogens with zero attached hydrogens (tertiary/aromatic N) is 2. The van der Waals surface area contributed by atoms with Gasteiger partial charge in [0.05, 0.1) is 0 Å². The molecular weight excluding hydrogens is 222 g/mol. The van der Waals surface area contributed by atoms with Crippen LogP contribution >= 0.6 is 0 Å². The molecule has 0 aliphatic carbocycles. The molecule has 2 heterocycles. The Morgan fingerprint density at radius 2 is 2.00 bits per heavy atom. The first-order chi connectivity index (χ1) is 8.83. The molecule has 2 aliphatic heterocycles. The number of para-hydroxylation sites is 1. The number of nitrogens with one attached hydrogen (secondary N) is 1. The summed E-state index contributed by atoms with van der Waals surface area (Å²) in [7, 11) is 2.21. The zero-order chi connectivity index (χ0) is 12.4. The highest BCUT2D eigenvalue weighted by molar-refractivity contribution is 5.59. The zero-order valence-corrected chi connectivity index (χ0v) is 11.3. The second-order valence-corrected chi connectivity index (χ2v) is 5.56. The van der Waals surface area contributed by atoms with Crippen LogP contribution in [0.25, 0.3) is 0 Å². The first kappa shape index (κ1) is 12.0. The molecule has 0 atom stereocenters. The van der Waals surface area contributed by atoms with Crippen molar-refractivity contribution < 1.29 is 0 Å². The van der Waals surface area contributed by atoms with E-state index in [0.29, 0.717) is 0 Å². The predicted molar refractivity (Wildman–Crippen MR) is 76.0 cm³/mol. The Kier molecular flexibility index (Phi) is 3.52. The second-order valence-electron chi connectivity index (χ2n) is 5.56. The number of hydrogen-bond donors (Lipinski definition) is 1. The monoisotopic (exact) mass is 245 g/mol. The first-order valence-corrected chi connectivity index (χ1v) is 7.08. The Labute approximate surface area is 110 Å². The minimum Gasteiger partial charge on any atom is -0.385 e. The molecular formula is C15H23N3. The summed E-state index contributed by atoms with van der Waals surface area (Å²) in [5.74, 6) is 0. The van der Waals surface area contributed by atoms with Gasteiger partial charge in [-0.2, -0.15) is 0 Å². The molecule has 1 aromatic rings. The summed E-state index contributed by atoms with van der Waals surface area (Å²) in [4.78, 5) is 4.99. The molecule has 3 heteroatoms. The van der Waals surface area contributed by atoms with E-state index < -0.39 is 0 Å². The van der Waals surface area contributed by atoms with Crippen LogP contribution in [-0.2, 0) is 13.0 Å². The van der Waals surface area contributed by atoms with E-state index in [1.54, 1.807) is 0 Å². The summed E-state index contributed by atoms with van der Waals surface area (Å²) in [6, 6.07) is 6.78. The summed E-state index contributed by atoms with van der Waals surface area (Å²) in [6.45, 7) is 7.02. The summed E-state index contributed by atoms with van der Waals surface area (Å²) in [6.07, 6.45) is 2.50. The van der Waals surface area contributed by atoms with Gasteiger partial charge in [0.1, 0.15) is 0 Å². The number of fused-ring (bicyclic) bond motifs is 1. The maximum absolute atomic E-state index is 3.59. The number of likely N-dealkylation sites (N-methyl/N-ethyl adjacent to an activating group) is 1. The standard InChI is InChI=1S/C15H23N3/c1-17-8-10-18(11-9-17)12-14-5-2-4-13-6-3-7-16-15(13)14/h2,4-5,16H,3,6-12H2,1H3. The van der Waals surface area contributed by atoms with Gasteiger partial charge < -0.3 is 10.2 Å². The number of rotatable bonds is 2. The van der Waals surface area contributed by atoms with Crippen molar-refractivity contribution in [2.24, 2.45) is 0 Å². The van der Waals surface area contributed by atoms with Crippen LogP contribution in [0.5, 0.6) is 0 Å². The van der Waals surface area contributed by atoms with Crippen LogP contribution in [0.1, 0.15) is 17.5 Å². The normalized spacial score (nSPS) is 21.4. The van der Waals surface area contributed by atoms with E-state index in [1.807, 2.05) is 0 Å². The molecule has 3 rings (SSSR count). The lowest BCUT2D eigenvalue weighted by atomic mass is 9.99. The van der Waals surface area contributed by atoms with Crippen molar-refractivity contribution in [3.8, 4) is 0 Å². The molecule has 0 radical (unpaired) electrons. The maximum Gasteiger partial charge on any atom is 0.0418 e. The summed E-state index contributed by atoms with van der Waals surface area (Å²) in [5.41, 5.74) is 4.41. The van der Waals surface area contributed by atoms with Crippen molar-refractivity contribution in [3.05, 3.63) is 29.3 Å². The molecule has 1 fully saturated rings. The smallest absolute Gasteiger partial charge is 0.0418 e. The van der Waals surface area contributed by atoms with Crippen molar-refractivity contribution in [1.82, 2.24) is 9.80 Å². The molecule has 0 saturated carbocycles. The van der Waals surface area contributed by atoms with Gasteiger partial charge in [-0.1, -0.05) is 18.2 Å². The molecule has 0 bridgehead atoms. The highest BCUT2D eigenvalue weighted by Gasteiger charge is 2.17. The zero-order valence-electron chi connectivity index (χ0n) is 11.3. The van der Waals surface area contributed by atoms with Crippen molar-refractivity contribution in [3.63, 3.8) is 0 Å². The Balaban J connectivity index is 1.72. The van der Waals surface area contributed by atoms with Gasteiger partial charge in [0.25, 0.3) is 0 Å². The number of piperazine rings is 1. The van der Waals surface area contributed by atoms with E-state index in [2.05, 4.69) is 40.4 Å². The Hall–Kier alpha value is -1.06. The largest absolute Gasteiger partial charge is 0.385 e. The quantitative estimate of drug-likeness (QED) is 0.857. The minimum atomic E-state index is 1.10. The van der Waals surface area contributed by atoms with Crippen molar-refractivity contribution in [2.45, 2.75) is 19.4 Å². The minimum absolute atomic E-state index is 1.10. The second kappa shape index (κ2) is 5.29. The molecule has 0 aromatic heterocycles. The third-order valence-electron chi connectivity index (χ3n) is 4.15. The number of aryl methyl sites for hydroxylation is 1. The fourth-order valence-corrected chi connectivity index (χ4v) is 2.96. The van der Waals surface area contributed by atoms with Crippen molar-refractivity contribution in [1.29, 1.82) is 0 Å². The summed E-state index contributed by atoms with van der Waals surface area (Å²) >= 11 is 0. The van der Waals surface area contributed by atoms with Crippen molar-refractivity contribution >= 4 is 5.69 Å². The topological polar surface area (TPSA) is 18.5 Å². The molecule has 0 amide bonds. The predicted octanol–water partition coefficient (Wildman–Crippen LogP) is 1.79. The van der Waals surface area contributed by atoms with E-state index in [0.717, 1.165) is 13.1 Å². The van der Waals surface area contributed by atoms with Crippen LogP contribution in [0, 0.1) is 0 Å². The molecule has 3 nitrogen and oxygen atoms in total. The summed E-state index contributed by atoms with van der Waals surface area (Å²) < 4.78 is 0. The Morgan fingerprint density at radius 1 is 1.17 bits per heavy atom. The van der Waals surface area contributed by atoms with Gasteiger partial charge >= 0.3 is 0 Å². The summed E-state index contributed by atoms with van der Waals surface area (Å²) in [5, 5.41) is 3.59.